The first-order chi connectivity index (χ1) is 14.0. The zero-order valence-electron chi connectivity index (χ0n) is 16.8. The smallest absolute Gasteiger partial charge is 0.321 e. The van der Waals surface area contributed by atoms with Crippen LogP contribution in [0.5, 0.6) is 0 Å². The zero-order valence-corrected chi connectivity index (χ0v) is 16.8. The third-order valence-electron chi connectivity index (χ3n) is 5.42. The van der Waals surface area contributed by atoms with E-state index in [2.05, 4.69) is 10.6 Å². The second-order valence-electron chi connectivity index (χ2n) is 7.63. The van der Waals surface area contributed by atoms with Crippen LogP contribution in [0.1, 0.15) is 36.8 Å². The number of carbonyl (C=O) groups is 2. The number of nitrogens with one attached hydrogen (secondary N) is 2. The van der Waals surface area contributed by atoms with Crippen molar-refractivity contribution in [3.63, 3.8) is 0 Å². The number of nitrogens with zero attached hydrogens (tertiary/aromatic N) is 1. The highest BCUT2D eigenvalue weighted by atomic mass is 19.1. The number of likely N-dealkylation sites (tertiary alicyclic amines) is 1. The number of piperidine rings is 1. The van der Waals surface area contributed by atoms with Crippen LogP contribution >= 0.6 is 0 Å². The molecule has 0 bridgehead atoms. The molecule has 0 aromatic heterocycles. The van der Waals surface area contributed by atoms with Gasteiger partial charge in [0, 0.05) is 31.7 Å². The number of hydrogen-bond donors (Lipinski definition) is 2. The number of benzene rings is 2. The zero-order chi connectivity index (χ0) is 20.6. The molecule has 154 valence electrons. The van der Waals surface area contributed by atoms with Crippen molar-refractivity contribution >= 4 is 17.6 Å². The molecule has 5 nitrogen and oxygen atoms in total. The topological polar surface area (TPSA) is 61.4 Å². The molecule has 3 amide bonds. The minimum absolute atomic E-state index is 0.0427. The van der Waals surface area contributed by atoms with Gasteiger partial charge in [-0.15, -0.1) is 0 Å². The van der Waals surface area contributed by atoms with E-state index in [4.69, 9.17) is 0 Å². The average molecular weight is 397 g/mol. The van der Waals surface area contributed by atoms with Crippen LogP contribution in [0.2, 0.25) is 0 Å². The Morgan fingerprint density at radius 3 is 2.66 bits per heavy atom. The van der Waals surface area contributed by atoms with E-state index in [0.29, 0.717) is 37.7 Å². The van der Waals surface area contributed by atoms with Crippen molar-refractivity contribution in [3.8, 4) is 0 Å². The van der Waals surface area contributed by atoms with Crippen molar-refractivity contribution in [1.82, 2.24) is 10.2 Å². The van der Waals surface area contributed by atoms with Crippen molar-refractivity contribution in [3.05, 3.63) is 65.5 Å². The van der Waals surface area contributed by atoms with Crippen molar-refractivity contribution in [2.24, 2.45) is 5.92 Å². The quantitative estimate of drug-likeness (QED) is 0.755. The first kappa shape index (κ1) is 20.8. The maximum atomic E-state index is 13.0. The summed E-state index contributed by atoms with van der Waals surface area (Å²) in [6, 6.07) is 13.6. The van der Waals surface area contributed by atoms with Crippen LogP contribution in [0, 0.1) is 18.7 Å². The van der Waals surface area contributed by atoms with E-state index in [-0.39, 0.29) is 17.8 Å². The summed E-state index contributed by atoms with van der Waals surface area (Å²) < 4.78 is 13.0. The predicted octanol–water partition coefficient (Wildman–Crippen LogP) is 4.47. The summed E-state index contributed by atoms with van der Waals surface area (Å²) in [6.07, 6.45) is 3.17. The molecule has 1 aliphatic rings. The number of anilines is 1. The first-order valence-electron chi connectivity index (χ1n) is 10.1. The third-order valence-corrected chi connectivity index (χ3v) is 5.42. The van der Waals surface area contributed by atoms with Gasteiger partial charge in [0.2, 0.25) is 5.91 Å². The SMILES string of the molecule is Cc1ccccc1CNC(=O)CCC1CCCN(C(=O)Nc2ccc(F)cc2)C1. The molecule has 1 unspecified atom stereocenters. The van der Waals surface area contributed by atoms with Crippen LogP contribution < -0.4 is 10.6 Å². The van der Waals surface area contributed by atoms with Gasteiger partial charge in [0.25, 0.3) is 0 Å². The molecule has 0 saturated carbocycles. The lowest BCUT2D eigenvalue weighted by molar-refractivity contribution is -0.121. The van der Waals surface area contributed by atoms with Gasteiger partial charge in [-0.3, -0.25) is 4.79 Å². The molecule has 0 spiro atoms. The summed E-state index contributed by atoms with van der Waals surface area (Å²) in [5.74, 6) is 0.0230. The van der Waals surface area contributed by atoms with Crippen LogP contribution in [-0.4, -0.2) is 29.9 Å². The van der Waals surface area contributed by atoms with Crippen molar-refractivity contribution in [2.45, 2.75) is 39.2 Å². The molecule has 3 rings (SSSR count). The number of halogens is 1. The average Bonchev–Trinajstić information content (AvgIpc) is 2.73. The number of urea groups is 1. The van der Waals surface area contributed by atoms with E-state index < -0.39 is 0 Å². The van der Waals surface area contributed by atoms with Crippen molar-refractivity contribution in [2.75, 3.05) is 18.4 Å². The molecular weight excluding hydrogens is 369 g/mol. The number of rotatable bonds is 6. The van der Waals surface area contributed by atoms with Gasteiger partial charge in [0.05, 0.1) is 0 Å². The van der Waals surface area contributed by atoms with Gasteiger partial charge < -0.3 is 15.5 Å². The normalized spacial score (nSPS) is 16.3. The van der Waals surface area contributed by atoms with Crippen LogP contribution in [0.3, 0.4) is 0 Å². The first-order valence-corrected chi connectivity index (χ1v) is 10.1. The summed E-state index contributed by atoms with van der Waals surface area (Å²) in [6.45, 7) is 3.92. The van der Waals surface area contributed by atoms with Gasteiger partial charge >= 0.3 is 6.03 Å². The maximum Gasteiger partial charge on any atom is 0.321 e. The summed E-state index contributed by atoms with van der Waals surface area (Å²) in [5.41, 5.74) is 2.87. The Hall–Kier alpha value is -2.89. The standard InChI is InChI=1S/C23H28FN3O2/c1-17-5-2-3-7-19(17)15-25-22(28)13-8-18-6-4-14-27(16-18)23(29)26-21-11-9-20(24)10-12-21/h2-3,5,7,9-12,18H,4,6,8,13-16H2,1H3,(H,25,28)(H,26,29). The molecule has 2 N–H and O–H groups in total. The summed E-state index contributed by atoms with van der Waals surface area (Å²) in [7, 11) is 0. The number of carbonyl (C=O) groups excluding carboxylic acids is 2. The molecule has 1 atom stereocenters. The van der Waals surface area contributed by atoms with Crippen LogP contribution in [0.4, 0.5) is 14.9 Å². The molecule has 6 heteroatoms. The molecule has 0 radical (unpaired) electrons. The fraction of sp³-hybridized carbons (Fsp3) is 0.391. The number of amides is 3. The lowest BCUT2D eigenvalue weighted by Gasteiger charge is -2.32. The highest BCUT2D eigenvalue weighted by Gasteiger charge is 2.24. The minimum Gasteiger partial charge on any atom is -0.352 e. The molecule has 29 heavy (non-hydrogen) atoms. The molecule has 1 aliphatic heterocycles. The lowest BCUT2D eigenvalue weighted by Crippen LogP contribution is -2.42. The monoisotopic (exact) mass is 397 g/mol. The molecule has 0 aliphatic carbocycles. The molecule has 2 aromatic rings. The maximum absolute atomic E-state index is 13.0. The Bertz CT molecular complexity index is 838. The van der Waals surface area contributed by atoms with Crippen LogP contribution in [-0.2, 0) is 11.3 Å². The lowest BCUT2D eigenvalue weighted by atomic mass is 9.93. The Kier molecular flexibility index (Phi) is 7.22. The largest absolute Gasteiger partial charge is 0.352 e. The van der Waals surface area contributed by atoms with Gasteiger partial charge in [-0.05, 0) is 67.5 Å². The van der Waals surface area contributed by atoms with E-state index in [1.807, 2.05) is 31.2 Å². The highest BCUT2D eigenvalue weighted by molar-refractivity contribution is 5.89. The fourth-order valence-corrected chi connectivity index (χ4v) is 3.65. The van der Waals surface area contributed by atoms with Gasteiger partial charge in [-0.2, -0.15) is 0 Å². The van der Waals surface area contributed by atoms with Crippen molar-refractivity contribution < 1.29 is 14.0 Å². The molecule has 1 saturated heterocycles. The van der Waals surface area contributed by atoms with E-state index in [1.54, 1.807) is 17.0 Å². The summed E-state index contributed by atoms with van der Waals surface area (Å²) in [4.78, 5) is 26.5. The summed E-state index contributed by atoms with van der Waals surface area (Å²) in [5, 5.41) is 5.80. The van der Waals surface area contributed by atoms with Crippen molar-refractivity contribution in [1.29, 1.82) is 0 Å². The van der Waals surface area contributed by atoms with E-state index >= 15 is 0 Å². The molecule has 1 fully saturated rings. The summed E-state index contributed by atoms with van der Waals surface area (Å²) >= 11 is 0. The molecular formula is C23H28FN3O2. The number of aryl methyl sites for hydroxylation is 1. The Morgan fingerprint density at radius 2 is 1.90 bits per heavy atom. The van der Waals surface area contributed by atoms with E-state index in [0.717, 1.165) is 24.8 Å². The van der Waals surface area contributed by atoms with Gasteiger partial charge in [-0.25, -0.2) is 9.18 Å². The third kappa shape index (κ3) is 6.31. The Labute approximate surface area is 171 Å². The van der Waals surface area contributed by atoms with Gasteiger partial charge in [-0.1, -0.05) is 24.3 Å². The van der Waals surface area contributed by atoms with E-state index in [1.165, 1.54) is 17.7 Å². The molecule has 2 aromatic carbocycles. The second kappa shape index (κ2) is 10.0. The minimum atomic E-state index is -0.332. The van der Waals surface area contributed by atoms with Crippen LogP contribution in [0.15, 0.2) is 48.5 Å². The Morgan fingerprint density at radius 1 is 1.14 bits per heavy atom. The van der Waals surface area contributed by atoms with Crippen LogP contribution in [0.25, 0.3) is 0 Å². The van der Waals surface area contributed by atoms with Gasteiger partial charge in [0.15, 0.2) is 0 Å². The fourth-order valence-electron chi connectivity index (χ4n) is 3.65. The highest BCUT2D eigenvalue weighted by Crippen LogP contribution is 2.22. The van der Waals surface area contributed by atoms with E-state index in [9.17, 15) is 14.0 Å². The second-order valence-corrected chi connectivity index (χ2v) is 7.63. The predicted molar refractivity (Wildman–Crippen MR) is 112 cm³/mol. The van der Waals surface area contributed by atoms with Gasteiger partial charge in [0.1, 0.15) is 5.82 Å². The number of hydrogen-bond acceptors (Lipinski definition) is 2. The Balaban J connectivity index is 1.42. The molecule has 1 heterocycles.